The Balaban J connectivity index is 1.52. The number of fused-ring (bicyclic) bond motifs is 1. The van der Waals surface area contributed by atoms with E-state index in [1.165, 1.54) is 0 Å². The molecule has 1 atom stereocenters. The zero-order valence-electron chi connectivity index (χ0n) is 15.5. The summed E-state index contributed by atoms with van der Waals surface area (Å²) in [5, 5.41) is 6.36. The van der Waals surface area contributed by atoms with Crippen LogP contribution >= 0.6 is 0 Å². The summed E-state index contributed by atoms with van der Waals surface area (Å²) in [5.41, 5.74) is 2.91. The number of nitrogens with one attached hydrogen (secondary N) is 3. The van der Waals surface area contributed by atoms with Crippen molar-refractivity contribution < 1.29 is 8.78 Å². The smallest absolute Gasteiger partial charge is 0.168 e. The van der Waals surface area contributed by atoms with Gasteiger partial charge in [0, 0.05) is 30.4 Å². The first-order valence-corrected chi connectivity index (χ1v) is 9.48. The second-order valence-electron chi connectivity index (χ2n) is 7.09. The molecule has 29 heavy (non-hydrogen) atoms. The number of piperidine rings is 1. The van der Waals surface area contributed by atoms with Crippen LogP contribution in [0.3, 0.4) is 0 Å². The zero-order valence-corrected chi connectivity index (χ0v) is 15.5. The molecule has 4 aromatic rings. The van der Waals surface area contributed by atoms with Crippen molar-refractivity contribution in [3.63, 3.8) is 0 Å². The van der Waals surface area contributed by atoms with Crippen LogP contribution < -0.4 is 10.6 Å². The summed E-state index contributed by atoms with van der Waals surface area (Å²) in [6, 6.07) is 4.67. The number of rotatable bonds is 4. The number of aromatic amines is 1. The maximum Gasteiger partial charge on any atom is 0.168 e. The molecule has 0 spiro atoms. The highest BCUT2D eigenvalue weighted by Crippen LogP contribution is 2.27. The molecule has 5 rings (SSSR count). The summed E-state index contributed by atoms with van der Waals surface area (Å²) >= 11 is 0. The Labute approximate surface area is 165 Å². The minimum Gasteiger partial charge on any atom is -0.364 e. The van der Waals surface area contributed by atoms with E-state index in [-0.39, 0.29) is 17.6 Å². The van der Waals surface area contributed by atoms with Crippen molar-refractivity contribution in [1.82, 2.24) is 29.7 Å². The van der Waals surface area contributed by atoms with E-state index >= 15 is 0 Å². The number of aromatic nitrogens is 5. The maximum atomic E-state index is 14.6. The first-order chi connectivity index (χ1) is 14.2. The molecule has 0 bridgehead atoms. The fourth-order valence-electron chi connectivity index (χ4n) is 3.65. The molecule has 4 aromatic heterocycles. The summed E-state index contributed by atoms with van der Waals surface area (Å²) in [7, 11) is 0. The van der Waals surface area contributed by atoms with Gasteiger partial charge in [-0.25, -0.2) is 23.7 Å². The fraction of sp³-hybridized carbons (Fsp3) is 0.250. The maximum absolute atomic E-state index is 14.6. The molecule has 1 aliphatic heterocycles. The van der Waals surface area contributed by atoms with Crippen LogP contribution in [-0.2, 0) is 0 Å². The van der Waals surface area contributed by atoms with Crippen molar-refractivity contribution in [1.29, 1.82) is 0 Å². The number of H-pyrrole nitrogens is 1. The zero-order chi connectivity index (χ0) is 19.8. The Morgan fingerprint density at radius 2 is 2.10 bits per heavy atom. The molecule has 0 unspecified atom stereocenters. The Morgan fingerprint density at radius 1 is 1.17 bits per heavy atom. The normalized spacial score (nSPS) is 17.0. The molecular formula is C20H19F2N7. The number of hydrogen-bond acceptors (Lipinski definition) is 5. The third-order valence-corrected chi connectivity index (χ3v) is 5.13. The first-order valence-electron chi connectivity index (χ1n) is 9.48. The average molecular weight is 395 g/mol. The van der Waals surface area contributed by atoms with Crippen LogP contribution in [0.5, 0.6) is 0 Å². The summed E-state index contributed by atoms with van der Waals surface area (Å²) in [6.45, 7) is 1.67. The fourth-order valence-corrected chi connectivity index (χ4v) is 3.65. The standard InChI is InChI=1S/C20H19F2N7/c21-14-7-15(22)20(27-13-2-1-4-23-8-13)28-19(14)17-10-25-18-6-12(3-5-29(17)18)16-9-24-11-26-16/h3,5-7,9-11,13,23H,1-2,4,8H2,(H,24,26)(H,27,28)/t13-/m1/s1. The van der Waals surface area contributed by atoms with Gasteiger partial charge in [0.05, 0.1) is 30.1 Å². The van der Waals surface area contributed by atoms with Crippen LogP contribution in [0.1, 0.15) is 12.8 Å². The predicted octanol–water partition coefficient (Wildman–Crippen LogP) is 3.23. The lowest BCUT2D eigenvalue weighted by atomic mass is 10.1. The summed E-state index contributed by atoms with van der Waals surface area (Å²) in [4.78, 5) is 15.7. The van der Waals surface area contributed by atoms with Gasteiger partial charge < -0.3 is 15.6 Å². The van der Waals surface area contributed by atoms with E-state index in [4.69, 9.17) is 0 Å². The minimum atomic E-state index is -0.728. The highest BCUT2D eigenvalue weighted by molar-refractivity contribution is 5.68. The van der Waals surface area contributed by atoms with Gasteiger partial charge in [-0.3, -0.25) is 4.40 Å². The Kier molecular flexibility index (Phi) is 4.44. The van der Waals surface area contributed by atoms with Crippen LogP contribution in [0.15, 0.2) is 43.1 Å². The molecule has 3 N–H and O–H groups in total. The van der Waals surface area contributed by atoms with E-state index in [1.54, 1.807) is 29.3 Å². The molecule has 1 saturated heterocycles. The van der Waals surface area contributed by atoms with Crippen molar-refractivity contribution in [3.8, 4) is 22.6 Å². The van der Waals surface area contributed by atoms with Crippen LogP contribution in [0.25, 0.3) is 28.3 Å². The minimum absolute atomic E-state index is 0.0548. The van der Waals surface area contributed by atoms with Crippen LogP contribution in [0.2, 0.25) is 0 Å². The molecule has 0 amide bonds. The lowest BCUT2D eigenvalue weighted by Crippen LogP contribution is -2.38. The Morgan fingerprint density at radius 3 is 2.90 bits per heavy atom. The van der Waals surface area contributed by atoms with E-state index in [0.29, 0.717) is 11.3 Å². The van der Waals surface area contributed by atoms with Crippen LogP contribution in [0.4, 0.5) is 14.6 Å². The van der Waals surface area contributed by atoms with Gasteiger partial charge in [0.15, 0.2) is 17.5 Å². The lowest BCUT2D eigenvalue weighted by molar-refractivity contribution is 0.475. The molecular weight excluding hydrogens is 376 g/mol. The second kappa shape index (κ2) is 7.25. The molecule has 0 radical (unpaired) electrons. The number of imidazole rings is 2. The van der Waals surface area contributed by atoms with Gasteiger partial charge in [0.25, 0.3) is 0 Å². The Hall–Kier alpha value is -3.33. The molecule has 0 aliphatic carbocycles. The number of anilines is 1. The molecule has 9 heteroatoms. The van der Waals surface area contributed by atoms with Gasteiger partial charge in [-0.15, -0.1) is 0 Å². The predicted molar refractivity (Wildman–Crippen MR) is 105 cm³/mol. The van der Waals surface area contributed by atoms with Crippen LogP contribution in [-0.4, -0.2) is 43.5 Å². The van der Waals surface area contributed by atoms with Crippen molar-refractivity contribution in [2.24, 2.45) is 0 Å². The van der Waals surface area contributed by atoms with E-state index in [9.17, 15) is 8.78 Å². The largest absolute Gasteiger partial charge is 0.364 e. The Bertz CT molecular complexity index is 1150. The van der Waals surface area contributed by atoms with Crippen molar-refractivity contribution in [2.75, 3.05) is 18.4 Å². The van der Waals surface area contributed by atoms with Gasteiger partial charge >= 0.3 is 0 Å². The monoisotopic (exact) mass is 395 g/mol. The number of pyridine rings is 2. The highest BCUT2D eigenvalue weighted by Gasteiger charge is 2.20. The molecule has 0 aromatic carbocycles. The van der Waals surface area contributed by atoms with E-state index in [0.717, 1.165) is 43.3 Å². The molecule has 7 nitrogen and oxygen atoms in total. The average Bonchev–Trinajstić information content (AvgIpc) is 3.40. The third kappa shape index (κ3) is 3.33. The second-order valence-corrected chi connectivity index (χ2v) is 7.09. The van der Waals surface area contributed by atoms with Gasteiger partial charge in [-0.2, -0.15) is 0 Å². The molecule has 1 aliphatic rings. The van der Waals surface area contributed by atoms with E-state index < -0.39 is 11.6 Å². The summed E-state index contributed by atoms with van der Waals surface area (Å²) in [5.74, 6) is -1.37. The number of nitrogens with zero attached hydrogens (tertiary/aromatic N) is 4. The van der Waals surface area contributed by atoms with Gasteiger partial charge in [-0.1, -0.05) is 0 Å². The third-order valence-electron chi connectivity index (χ3n) is 5.13. The van der Waals surface area contributed by atoms with Gasteiger partial charge in [-0.05, 0) is 31.5 Å². The topological polar surface area (TPSA) is 82.9 Å². The quantitative estimate of drug-likeness (QED) is 0.494. The van der Waals surface area contributed by atoms with E-state index in [1.807, 2.05) is 12.1 Å². The van der Waals surface area contributed by atoms with E-state index in [2.05, 4.69) is 30.6 Å². The van der Waals surface area contributed by atoms with Crippen molar-refractivity contribution in [2.45, 2.75) is 18.9 Å². The van der Waals surface area contributed by atoms with Crippen molar-refractivity contribution in [3.05, 3.63) is 54.8 Å². The number of halogens is 2. The SMILES string of the molecule is Fc1cc(F)c(-c2cnc3cc(-c4cnc[nH]4)ccn23)nc1N[C@@H]1CCCNC1. The highest BCUT2D eigenvalue weighted by atomic mass is 19.1. The van der Waals surface area contributed by atoms with Crippen LogP contribution in [0, 0.1) is 11.6 Å². The molecule has 148 valence electrons. The molecule has 0 saturated carbocycles. The lowest BCUT2D eigenvalue weighted by Gasteiger charge is -2.24. The number of hydrogen-bond donors (Lipinski definition) is 3. The molecule has 1 fully saturated rings. The van der Waals surface area contributed by atoms with Gasteiger partial charge in [0.2, 0.25) is 0 Å². The summed E-state index contributed by atoms with van der Waals surface area (Å²) in [6.07, 6.45) is 8.56. The van der Waals surface area contributed by atoms with Crippen molar-refractivity contribution >= 4 is 11.5 Å². The van der Waals surface area contributed by atoms with Gasteiger partial charge in [0.1, 0.15) is 11.3 Å². The molecule has 5 heterocycles. The first kappa shape index (κ1) is 17.7. The summed E-state index contributed by atoms with van der Waals surface area (Å²) < 4.78 is 30.7.